The monoisotopic (exact) mass is 230 g/mol. The first-order valence-corrected chi connectivity index (χ1v) is 6.46. The fraction of sp³-hybridized carbons (Fsp3) is 0.917. The fourth-order valence-electron chi connectivity index (χ4n) is 1.60. The van der Waals surface area contributed by atoms with Crippen molar-refractivity contribution in [3.63, 3.8) is 0 Å². The molecule has 0 radical (unpaired) electrons. The van der Waals surface area contributed by atoms with E-state index in [0.717, 1.165) is 30.9 Å². The highest BCUT2D eigenvalue weighted by Gasteiger charge is 2.24. The Morgan fingerprint density at radius 1 is 1.13 bits per heavy atom. The van der Waals surface area contributed by atoms with E-state index in [-0.39, 0.29) is 5.54 Å². The van der Waals surface area contributed by atoms with Gasteiger partial charge in [0.05, 0.1) is 0 Å². The normalized spacial score (nSPS) is 11.6. The van der Waals surface area contributed by atoms with Crippen molar-refractivity contribution in [2.45, 2.75) is 59.4 Å². The van der Waals surface area contributed by atoms with Gasteiger partial charge in [-0.3, -0.25) is 0 Å². The Morgan fingerprint density at radius 3 is 1.93 bits per heavy atom. The lowest BCUT2D eigenvalue weighted by Gasteiger charge is -2.33. The molecular formula is C12H26N2S. The molecule has 0 aliphatic rings. The molecule has 0 unspecified atom stereocenters. The van der Waals surface area contributed by atoms with Crippen molar-refractivity contribution in [3.05, 3.63) is 0 Å². The largest absolute Gasteiger partial charge is 0.362 e. The van der Waals surface area contributed by atoms with Gasteiger partial charge < -0.3 is 10.6 Å². The molecule has 15 heavy (non-hydrogen) atoms. The van der Waals surface area contributed by atoms with Crippen LogP contribution in [0.3, 0.4) is 0 Å². The molecule has 0 aliphatic carbocycles. The summed E-state index contributed by atoms with van der Waals surface area (Å²) < 4.78 is 0. The molecule has 0 atom stereocenters. The predicted molar refractivity (Wildman–Crippen MR) is 72.2 cm³/mol. The van der Waals surface area contributed by atoms with E-state index >= 15 is 0 Å². The van der Waals surface area contributed by atoms with E-state index in [1.54, 1.807) is 0 Å². The number of rotatable bonds is 6. The SMILES string of the molecule is CCC(CC)(CC)NC(=S)NCC(C)C. The highest BCUT2D eigenvalue weighted by atomic mass is 32.1. The second-order valence-corrected chi connectivity index (χ2v) is 4.98. The number of thiocarbonyl (C=S) groups is 1. The maximum Gasteiger partial charge on any atom is 0.166 e. The minimum Gasteiger partial charge on any atom is -0.362 e. The van der Waals surface area contributed by atoms with E-state index in [0.29, 0.717) is 5.92 Å². The fourth-order valence-corrected chi connectivity index (χ4v) is 1.90. The first-order valence-electron chi connectivity index (χ1n) is 6.05. The highest BCUT2D eigenvalue weighted by molar-refractivity contribution is 7.80. The summed E-state index contributed by atoms with van der Waals surface area (Å²) in [6.45, 7) is 11.9. The Kier molecular flexibility index (Phi) is 6.90. The minimum absolute atomic E-state index is 0.182. The zero-order chi connectivity index (χ0) is 11.9. The van der Waals surface area contributed by atoms with E-state index in [9.17, 15) is 0 Å². The molecule has 0 bridgehead atoms. The Labute approximate surface area is 100 Å². The molecule has 0 spiro atoms. The maximum atomic E-state index is 5.30. The van der Waals surface area contributed by atoms with Crippen LogP contribution < -0.4 is 10.6 Å². The topological polar surface area (TPSA) is 24.1 Å². The number of hydrogen-bond acceptors (Lipinski definition) is 1. The zero-order valence-electron chi connectivity index (χ0n) is 10.8. The van der Waals surface area contributed by atoms with Crippen molar-refractivity contribution in [2.75, 3.05) is 6.54 Å². The van der Waals surface area contributed by atoms with Crippen LogP contribution in [0, 0.1) is 5.92 Å². The summed E-state index contributed by atoms with van der Waals surface area (Å²) >= 11 is 5.30. The molecule has 0 aromatic carbocycles. The summed E-state index contributed by atoms with van der Waals surface area (Å²) in [7, 11) is 0. The van der Waals surface area contributed by atoms with Crippen molar-refractivity contribution in [2.24, 2.45) is 5.92 Å². The average Bonchev–Trinajstić information content (AvgIpc) is 2.23. The first-order chi connectivity index (χ1) is 6.99. The predicted octanol–water partition coefficient (Wildman–Crippen LogP) is 3.08. The summed E-state index contributed by atoms with van der Waals surface area (Å²) in [4.78, 5) is 0. The summed E-state index contributed by atoms with van der Waals surface area (Å²) in [6.07, 6.45) is 3.34. The molecule has 3 heteroatoms. The van der Waals surface area contributed by atoms with Crippen molar-refractivity contribution in [1.29, 1.82) is 0 Å². The van der Waals surface area contributed by atoms with Crippen LogP contribution in [0.5, 0.6) is 0 Å². The van der Waals surface area contributed by atoms with Gasteiger partial charge in [-0.05, 0) is 37.4 Å². The lowest BCUT2D eigenvalue weighted by atomic mass is 9.90. The van der Waals surface area contributed by atoms with E-state index in [2.05, 4.69) is 45.3 Å². The zero-order valence-corrected chi connectivity index (χ0v) is 11.6. The summed E-state index contributed by atoms with van der Waals surface area (Å²) in [5, 5.41) is 7.52. The Hall–Kier alpha value is -0.310. The Morgan fingerprint density at radius 2 is 1.60 bits per heavy atom. The van der Waals surface area contributed by atoms with Crippen molar-refractivity contribution in [1.82, 2.24) is 10.6 Å². The number of nitrogens with one attached hydrogen (secondary N) is 2. The third kappa shape index (κ3) is 5.36. The van der Waals surface area contributed by atoms with Crippen LogP contribution in [0.1, 0.15) is 53.9 Å². The molecule has 2 N–H and O–H groups in total. The first kappa shape index (κ1) is 14.7. The quantitative estimate of drug-likeness (QED) is 0.686. The van der Waals surface area contributed by atoms with Crippen LogP contribution in [-0.4, -0.2) is 17.2 Å². The molecule has 0 rings (SSSR count). The van der Waals surface area contributed by atoms with Crippen LogP contribution >= 0.6 is 12.2 Å². The molecule has 0 saturated heterocycles. The maximum absolute atomic E-state index is 5.30. The van der Waals surface area contributed by atoms with Gasteiger partial charge in [0.15, 0.2) is 5.11 Å². The van der Waals surface area contributed by atoms with Crippen LogP contribution in [0.2, 0.25) is 0 Å². The molecule has 0 aromatic heterocycles. The lowest BCUT2D eigenvalue weighted by molar-refractivity contribution is 0.337. The molecule has 2 nitrogen and oxygen atoms in total. The van der Waals surface area contributed by atoms with Gasteiger partial charge in [0.25, 0.3) is 0 Å². The van der Waals surface area contributed by atoms with E-state index in [1.165, 1.54) is 0 Å². The average molecular weight is 230 g/mol. The lowest BCUT2D eigenvalue weighted by Crippen LogP contribution is -2.51. The minimum atomic E-state index is 0.182. The van der Waals surface area contributed by atoms with Crippen molar-refractivity contribution < 1.29 is 0 Å². The second kappa shape index (κ2) is 7.04. The van der Waals surface area contributed by atoms with Gasteiger partial charge in [-0.2, -0.15) is 0 Å². The third-order valence-electron chi connectivity index (χ3n) is 3.08. The van der Waals surface area contributed by atoms with Gasteiger partial charge in [-0.1, -0.05) is 34.6 Å². The molecular weight excluding hydrogens is 204 g/mol. The van der Waals surface area contributed by atoms with Crippen LogP contribution in [-0.2, 0) is 0 Å². The van der Waals surface area contributed by atoms with Gasteiger partial charge >= 0.3 is 0 Å². The van der Waals surface area contributed by atoms with Crippen LogP contribution in [0.25, 0.3) is 0 Å². The van der Waals surface area contributed by atoms with Crippen molar-refractivity contribution >= 4 is 17.3 Å². The van der Waals surface area contributed by atoms with Gasteiger partial charge in [0, 0.05) is 12.1 Å². The molecule has 0 aliphatic heterocycles. The standard InChI is InChI=1S/C12H26N2S/c1-6-12(7-2,8-3)14-11(15)13-9-10(4)5/h10H,6-9H2,1-5H3,(H2,13,14,15). The van der Waals surface area contributed by atoms with Crippen molar-refractivity contribution in [3.8, 4) is 0 Å². The molecule has 0 saturated carbocycles. The Bertz CT molecular complexity index is 178. The molecule has 0 fully saturated rings. The van der Waals surface area contributed by atoms with Gasteiger partial charge in [-0.15, -0.1) is 0 Å². The molecule has 0 heterocycles. The summed E-state index contributed by atoms with van der Waals surface area (Å²) in [5.74, 6) is 0.629. The van der Waals surface area contributed by atoms with E-state index < -0.39 is 0 Å². The molecule has 0 aromatic rings. The second-order valence-electron chi connectivity index (χ2n) is 4.57. The van der Waals surface area contributed by atoms with Crippen LogP contribution in [0.15, 0.2) is 0 Å². The van der Waals surface area contributed by atoms with Gasteiger partial charge in [0.2, 0.25) is 0 Å². The molecule has 90 valence electrons. The van der Waals surface area contributed by atoms with Crippen LogP contribution in [0.4, 0.5) is 0 Å². The summed E-state index contributed by atoms with van der Waals surface area (Å²) in [5.41, 5.74) is 0.182. The summed E-state index contributed by atoms with van der Waals surface area (Å²) in [6, 6.07) is 0. The van der Waals surface area contributed by atoms with E-state index in [4.69, 9.17) is 12.2 Å². The van der Waals surface area contributed by atoms with Gasteiger partial charge in [0.1, 0.15) is 0 Å². The smallest absolute Gasteiger partial charge is 0.166 e. The van der Waals surface area contributed by atoms with Gasteiger partial charge in [-0.25, -0.2) is 0 Å². The highest BCUT2D eigenvalue weighted by Crippen LogP contribution is 2.18. The van der Waals surface area contributed by atoms with E-state index in [1.807, 2.05) is 0 Å². The molecule has 0 amide bonds. The third-order valence-corrected chi connectivity index (χ3v) is 3.33. The number of hydrogen-bond donors (Lipinski definition) is 2. The Balaban J connectivity index is 4.11.